The standard InChI is InChI=1S/C22H29F2NO4/c1-20(2,3)29-19(28)25(13-15-4-5-16(23)17(24)12-15)14-21-6-9-22(10-7-21,11-8-21)18(26)27/h4-5,12H,6-11,13-14H2,1-3H3,(H,26,27). The number of nitrogens with zero attached hydrogens (tertiary/aromatic N) is 1. The molecule has 1 aromatic rings. The average Bonchev–Trinajstić information content (AvgIpc) is 2.64. The summed E-state index contributed by atoms with van der Waals surface area (Å²) < 4.78 is 32.5. The van der Waals surface area contributed by atoms with E-state index in [1.54, 1.807) is 25.7 Å². The highest BCUT2D eigenvalue weighted by Gasteiger charge is 2.53. The molecule has 0 saturated heterocycles. The lowest BCUT2D eigenvalue weighted by Crippen LogP contribution is -2.51. The summed E-state index contributed by atoms with van der Waals surface area (Å²) in [6.45, 7) is 5.86. The molecule has 0 radical (unpaired) electrons. The first-order valence-electron chi connectivity index (χ1n) is 10.1. The predicted octanol–water partition coefficient (Wildman–Crippen LogP) is 5.13. The normalized spacial score (nSPS) is 26.2. The number of fused-ring (bicyclic) bond motifs is 3. The van der Waals surface area contributed by atoms with Crippen LogP contribution in [-0.4, -0.2) is 34.2 Å². The molecule has 7 heteroatoms. The fourth-order valence-corrected chi connectivity index (χ4v) is 4.60. The SMILES string of the molecule is CC(C)(C)OC(=O)N(Cc1ccc(F)c(F)c1)CC12CCC(C(=O)O)(CC1)CC2. The third-order valence-electron chi connectivity index (χ3n) is 6.39. The number of carbonyl (C=O) groups is 2. The molecule has 0 atom stereocenters. The van der Waals surface area contributed by atoms with Gasteiger partial charge in [0.1, 0.15) is 5.60 Å². The minimum atomic E-state index is -0.952. The second kappa shape index (κ2) is 7.58. The second-order valence-electron chi connectivity index (χ2n) is 9.67. The summed E-state index contributed by atoms with van der Waals surface area (Å²) in [5, 5.41) is 9.59. The van der Waals surface area contributed by atoms with Crippen molar-refractivity contribution in [2.24, 2.45) is 10.8 Å². The third-order valence-corrected chi connectivity index (χ3v) is 6.39. The van der Waals surface area contributed by atoms with Gasteiger partial charge in [-0.25, -0.2) is 13.6 Å². The zero-order chi connectivity index (χ0) is 21.4. The largest absolute Gasteiger partial charge is 0.481 e. The Morgan fingerprint density at radius 1 is 1.07 bits per heavy atom. The Balaban J connectivity index is 1.79. The molecule has 1 N–H and O–H groups in total. The van der Waals surface area contributed by atoms with Crippen LogP contribution >= 0.6 is 0 Å². The van der Waals surface area contributed by atoms with E-state index in [1.807, 2.05) is 0 Å². The van der Waals surface area contributed by atoms with Crippen molar-refractivity contribution in [2.75, 3.05) is 6.54 Å². The minimum Gasteiger partial charge on any atom is -0.481 e. The van der Waals surface area contributed by atoms with Crippen molar-refractivity contribution in [2.45, 2.75) is 71.4 Å². The van der Waals surface area contributed by atoms with Gasteiger partial charge in [-0.2, -0.15) is 0 Å². The monoisotopic (exact) mass is 409 g/mol. The number of aliphatic carboxylic acids is 1. The summed E-state index contributed by atoms with van der Waals surface area (Å²) in [6, 6.07) is 3.62. The number of benzene rings is 1. The lowest BCUT2D eigenvalue weighted by atomic mass is 9.53. The number of amides is 1. The van der Waals surface area contributed by atoms with E-state index >= 15 is 0 Å². The van der Waals surface area contributed by atoms with Gasteiger partial charge in [-0.1, -0.05) is 6.07 Å². The summed E-state index contributed by atoms with van der Waals surface area (Å²) in [5.74, 6) is -2.61. The Morgan fingerprint density at radius 3 is 2.14 bits per heavy atom. The third kappa shape index (κ3) is 4.70. The highest BCUT2D eigenvalue weighted by molar-refractivity contribution is 5.75. The molecule has 3 fully saturated rings. The lowest BCUT2D eigenvalue weighted by Gasteiger charge is -2.52. The van der Waals surface area contributed by atoms with Gasteiger partial charge in [0, 0.05) is 13.1 Å². The van der Waals surface area contributed by atoms with E-state index in [0.717, 1.165) is 31.4 Å². The molecule has 0 aliphatic heterocycles. The van der Waals surface area contributed by atoms with Crippen LogP contribution in [0.15, 0.2) is 18.2 Å². The molecule has 2 bridgehead atoms. The van der Waals surface area contributed by atoms with Gasteiger partial charge < -0.3 is 14.7 Å². The molecule has 0 heterocycles. The van der Waals surface area contributed by atoms with Crippen molar-refractivity contribution >= 4 is 12.1 Å². The van der Waals surface area contributed by atoms with Crippen LogP contribution in [0.3, 0.4) is 0 Å². The Kier molecular flexibility index (Phi) is 5.62. The topological polar surface area (TPSA) is 66.8 Å². The van der Waals surface area contributed by atoms with Gasteiger partial charge in [0.2, 0.25) is 0 Å². The number of carboxylic acid groups (broad SMARTS) is 1. The maximum atomic E-state index is 13.7. The summed E-state index contributed by atoms with van der Waals surface area (Å²) in [4.78, 5) is 26.1. The molecule has 0 aromatic heterocycles. The second-order valence-corrected chi connectivity index (χ2v) is 9.67. The molecule has 4 rings (SSSR count). The van der Waals surface area contributed by atoms with Crippen LogP contribution in [0.5, 0.6) is 0 Å². The molecule has 1 amide bonds. The molecule has 3 aliphatic rings. The first-order valence-corrected chi connectivity index (χ1v) is 10.1. The number of hydrogen-bond acceptors (Lipinski definition) is 3. The zero-order valence-corrected chi connectivity index (χ0v) is 17.3. The van der Waals surface area contributed by atoms with Crippen LogP contribution in [0.4, 0.5) is 13.6 Å². The lowest BCUT2D eigenvalue weighted by molar-refractivity contribution is -0.159. The van der Waals surface area contributed by atoms with Crippen molar-refractivity contribution < 1.29 is 28.2 Å². The summed E-state index contributed by atoms with van der Waals surface area (Å²) >= 11 is 0. The van der Waals surface area contributed by atoms with Crippen LogP contribution in [-0.2, 0) is 16.1 Å². The number of ether oxygens (including phenoxy) is 1. The number of halogens is 2. The van der Waals surface area contributed by atoms with Gasteiger partial charge in [-0.15, -0.1) is 0 Å². The van der Waals surface area contributed by atoms with Crippen molar-refractivity contribution in [3.8, 4) is 0 Å². The van der Waals surface area contributed by atoms with Gasteiger partial charge in [-0.3, -0.25) is 4.79 Å². The predicted molar refractivity (Wildman–Crippen MR) is 103 cm³/mol. The van der Waals surface area contributed by atoms with Gasteiger partial charge in [0.15, 0.2) is 11.6 Å². The van der Waals surface area contributed by atoms with E-state index in [2.05, 4.69) is 0 Å². The van der Waals surface area contributed by atoms with Gasteiger partial charge in [-0.05, 0) is 82.4 Å². The molecule has 3 saturated carbocycles. The Morgan fingerprint density at radius 2 is 1.66 bits per heavy atom. The van der Waals surface area contributed by atoms with E-state index in [0.29, 0.717) is 31.4 Å². The van der Waals surface area contributed by atoms with E-state index in [4.69, 9.17) is 4.74 Å². The molecular weight excluding hydrogens is 380 g/mol. The number of carboxylic acids is 1. The molecule has 1 aromatic carbocycles. The molecule has 29 heavy (non-hydrogen) atoms. The van der Waals surface area contributed by atoms with E-state index in [9.17, 15) is 23.5 Å². The number of hydrogen-bond donors (Lipinski definition) is 1. The molecule has 0 unspecified atom stereocenters. The first kappa shape index (κ1) is 21.5. The molecule has 160 valence electrons. The fraction of sp³-hybridized carbons (Fsp3) is 0.636. The van der Waals surface area contributed by atoms with Crippen LogP contribution in [0.2, 0.25) is 0 Å². The smallest absolute Gasteiger partial charge is 0.410 e. The number of carbonyl (C=O) groups excluding carboxylic acids is 1. The summed E-state index contributed by atoms with van der Waals surface area (Å²) in [6.07, 6.45) is 3.52. The van der Waals surface area contributed by atoms with Crippen LogP contribution in [0.1, 0.15) is 64.9 Å². The summed E-state index contributed by atoms with van der Waals surface area (Å²) in [5.41, 5.74) is -0.984. The van der Waals surface area contributed by atoms with E-state index < -0.39 is 34.7 Å². The maximum absolute atomic E-state index is 13.7. The summed E-state index contributed by atoms with van der Waals surface area (Å²) in [7, 11) is 0. The Hall–Kier alpha value is -2.18. The van der Waals surface area contributed by atoms with E-state index in [1.165, 1.54) is 6.07 Å². The highest BCUT2D eigenvalue weighted by Crippen LogP contribution is 2.57. The quantitative estimate of drug-likeness (QED) is 0.732. The number of rotatable bonds is 5. The highest BCUT2D eigenvalue weighted by atomic mass is 19.2. The van der Waals surface area contributed by atoms with Gasteiger partial charge in [0.25, 0.3) is 0 Å². The molecule has 3 aliphatic carbocycles. The minimum absolute atomic E-state index is 0.109. The Bertz CT molecular complexity index is 778. The van der Waals surface area contributed by atoms with Crippen LogP contribution < -0.4 is 0 Å². The van der Waals surface area contributed by atoms with Crippen molar-refractivity contribution in [1.82, 2.24) is 4.90 Å². The molecular formula is C22H29F2NO4. The van der Waals surface area contributed by atoms with Crippen molar-refractivity contribution in [3.63, 3.8) is 0 Å². The van der Waals surface area contributed by atoms with Crippen molar-refractivity contribution in [3.05, 3.63) is 35.4 Å². The maximum Gasteiger partial charge on any atom is 0.410 e. The van der Waals surface area contributed by atoms with Gasteiger partial charge in [0.05, 0.1) is 5.41 Å². The first-order chi connectivity index (χ1) is 13.4. The van der Waals surface area contributed by atoms with Crippen LogP contribution in [0.25, 0.3) is 0 Å². The molecule has 5 nitrogen and oxygen atoms in total. The average molecular weight is 409 g/mol. The van der Waals surface area contributed by atoms with Crippen LogP contribution in [0, 0.1) is 22.5 Å². The zero-order valence-electron chi connectivity index (χ0n) is 17.3. The Labute approximate surface area is 170 Å². The van der Waals surface area contributed by atoms with E-state index in [-0.39, 0.29) is 12.0 Å². The van der Waals surface area contributed by atoms with Crippen molar-refractivity contribution in [1.29, 1.82) is 0 Å². The molecule has 0 spiro atoms. The fourth-order valence-electron chi connectivity index (χ4n) is 4.60. The van der Waals surface area contributed by atoms with Gasteiger partial charge >= 0.3 is 12.1 Å².